The summed E-state index contributed by atoms with van der Waals surface area (Å²) in [6, 6.07) is 9.31. The van der Waals surface area contributed by atoms with E-state index in [1.807, 2.05) is 11.0 Å². The standard InChI is InChI=1S/C17H18N4O3S.C13H13NO.C4H5N3O2S/c22-17(21-25(23,24)15-8-3-9-18-20-15)19-16-13-6-1-4-11(13)10-12-5-2-7-14(12)16;14-8-15-13-11-5-1-3-9(11)7-10-4-2-6-12(10)13;5-10(8,9)4-2-1-3-6-7-4/h3,8-10H,1-2,4-7H2,(H2,19,21,22);7H,1-6H2;1-3H,(H2,5,8,9). The minimum atomic E-state index is -4.04. The highest BCUT2D eigenvalue weighted by Crippen LogP contribution is 2.40. The molecule has 2 aromatic carbocycles. The quantitative estimate of drug-likeness (QED) is 0.253. The molecule has 50 heavy (non-hydrogen) atoms. The summed E-state index contributed by atoms with van der Waals surface area (Å²) in [5, 5.41) is 29.4. The van der Waals surface area contributed by atoms with Crippen LogP contribution in [0.4, 0.5) is 10.5 Å². The smallest absolute Gasteiger partial charge is 0.333 e. The number of nitrogens with one attached hydrogen (secondary N) is 2. The predicted molar refractivity (Wildman–Crippen MR) is 182 cm³/mol. The molecule has 16 heteroatoms. The lowest BCUT2D eigenvalue weighted by molar-refractivity contribution is 0.256. The van der Waals surface area contributed by atoms with E-state index in [4.69, 9.17) is 15.1 Å². The fourth-order valence-electron chi connectivity index (χ4n) is 7.08. The zero-order valence-electron chi connectivity index (χ0n) is 27.2. The van der Waals surface area contributed by atoms with Crippen LogP contribution in [0.2, 0.25) is 0 Å². The van der Waals surface area contributed by atoms with Gasteiger partial charge in [0.25, 0.3) is 26.3 Å². The van der Waals surface area contributed by atoms with Gasteiger partial charge in [-0.15, -0.1) is 15.5 Å². The number of aromatic nitrogens is 4. The molecule has 0 fully saturated rings. The Morgan fingerprint density at radius 2 is 1.18 bits per heavy atom. The summed E-state index contributed by atoms with van der Waals surface area (Å²) in [6.45, 7) is 0. The van der Waals surface area contributed by atoms with E-state index in [2.05, 4.69) is 37.8 Å². The fourth-order valence-corrected chi connectivity index (χ4v) is 8.32. The molecule has 14 nitrogen and oxygen atoms in total. The van der Waals surface area contributed by atoms with Crippen molar-refractivity contribution in [1.82, 2.24) is 25.1 Å². The number of carbonyl (C=O) groups is 1. The summed E-state index contributed by atoms with van der Waals surface area (Å²) in [5.74, 6) is 0.903. The molecule has 2 amide bonds. The number of carbonyl (C=O) groups excluding carboxylic acids is 1. The molecule has 4 N–H and O–H groups in total. The number of fused-ring (bicyclic) bond motifs is 4. The third-order valence-corrected chi connectivity index (χ3v) is 11.2. The van der Waals surface area contributed by atoms with Gasteiger partial charge in [0.05, 0.1) is 0 Å². The maximum absolute atomic E-state index is 12.4. The van der Waals surface area contributed by atoms with E-state index in [1.54, 1.807) is 0 Å². The molecule has 4 aromatic rings. The minimum Gasteiger partial charge on any atom is -0.387 e. The Kier molecular flexibility index (Phi) is 10.4. The Hall–Kier alpha value is -4.98. The average molecular weight is 717 g/mol. The van der Waals surface area contributed by atoms with Gasteiger partial charge in [-0.05, 0) is 146 Å². The molecule has 4 aliphatic carbocycles. The number of ether oxygens (including phenoxy) is 1. The molecule has 0 saturated carbocycles. The number of nitrogens with two attached hydrogens (primary N) is 1. The molecule has 260 valence electrons. The lowest BCUT2D eigenvalue weighted by Gasteiger charge is -2.16. The summed E-state index contributed by atoms with van der Waals surface area (Å²) in [7, 11) is -7.72. The Bertz CT molecular complexity index is 2110. The van der Waals surface area contributed by atoms with Crippen molar-refractivity contribution in [1.29, 1.82) is 5.26 Å². The van der Waals surface area contributed by atoms with E-state index in [0.29, 0.717) is 0 Å². The van der Waals surface area contributed by atoms with Crippen LogP contribution in [0.3, 0.4) is 0 Å². The highest BCUT2D eigenvalue weighted by Gasteiger charge is 2.27. The van der Waals surface area contributed by atoms with Crippen LogP contribution in [-0.2, 0) is 71.4 Å². The number of nitriles is 1. The van der Waals surface area contributed by atoms with E-state index >= 15 is 0 Å². The molecule has 0 bridgehead atoms. The Labute approximate surface area is 290 Å². The highest BCUT2D eigenvalue weighted by molar-refractivity contribution is 7.90. The summed E-state index contributed by atoms with van der Waals surface area (Å²) in [4.78, 5) is 12.4. The molecule has 0 radical (unpaired) electrons. The molecule has 2 heterocycles. The maximum atomic E-state index is 12.4. The molecule has 8 rings (SSSR count). The van der Waals surface area contributed by atoms with E-state index in [0.717, 1.165) is 86.8 Å². The van der Waals surface area contributed by atoms with Crippen LogP contribution < -0.4 is 19.9 Å². The van der Waals surface area contributed by atoms with Crippen molar-refractivity contribution in [2.45, 2.75) is 87.1 Å². The number of rotatable bonds is 5. The van der Waals surface area contributed by atoms with Crippen molar-refractivity contribution in [3.63, 3.8) is 0 Å². The van der Waals surface area contributed by atoms with Gasteiger partial charge in [-0.2, -0.15) is 18.6 Å². The number of hydrogen-bond acceptors (Lipinski definition) is 11. The van der Waals surface area contributed by atoms with Gasteiger partial charge in [0, 0.05) is 18.1 Å². The number of amides is 2. The van der Waals surface area contributed by atoms with Gasteiger partial charge in [-0.3, -0.25) is 0 Å². The van der Waals surface area contributed by atoms with Crippen molar-refractivity contribution in [2.24, 2.45) is 5.14 Å². The number of aryl methyl sites for hydroxylation is 4. The number of sulfonamides is 2. The normalized spacial score (nSPS) is 15.1. The van der Waals surface area contributed by atoms with Gasteiger partial charge < -0.3 is 10.1 Å². The number of anilines is 1. The summed E-state index contributed by atoms with van der Waals surface area (Å²) >= 11 is 0. The molecule has 0 unspecified atom stereocenters. The number of urea groups is 1. The van der Waals surface area contributed by atoms with Gasteiger partial charge in [0.1, 0.15) is 5.75 Å². The van der Waals surface area contributed by atoms with Crippen molar-refractivity contribution in [3.8, 4) is 12.0 Å². The highest BCUT2D eigenvalue weighted by atomic mass is 32.2. The van der Waals surface area contributed by atoms with Gasteiger partial charge in [-0.25, -0.2) is 23.1 Å². The Morgan fingerprint density at radius 1 is 0.720 bits per heavy atom. The van der Waals surface area contributed by atoms with Gasteiger partial charge in [0.2, 0.25) is 0 Å². The first kappa shape index (κ1) is 34.9. The number of nitrogens with zero attached hydrogens (tertiary/aromatic N) is 5. The van der Waals surface area contributed by atoms with Crippen LogP contribution in [-0.4, -0.2) is 43.3 Å². The molecule has 0 aliphatic heterocycles. The van der Waals surface area contributed by atoms with Gasteiger partial charge in [-0.1, -0.05) is 12.1 Å². The largest absolute Gasteiger partial charge is 0.387 e. The molecule has 0 saturated heterocycles. The Balaban J connectivity index is 0.000000146. The van der Waals surface area contributed by atoms with E-state index in [-0.39, 0.29) is 10.1 Å². The van der Waals surface area contributed by atoms with Gasteiger partial charge in [0.15, 0.2) is 10.1 Å². The van der Waals surface area contributed by atoms with Crippen molar-refractivity contribution >= 4 is 31.8 Å². The molecular formula is C34H36N8O6S2. The third kappa shape index (κ3) is 7.75. The third-order valence-electron chi connectivity index (χ3n) is 9.17. The minimum absolute atomic E-state index is 0.213. The predicted octanol–water partition coefficient (Wildman–Crippen LogP) is 3.61. The second-order valence-corrected chi connectivity index (χ2v) is 15.5. The first-order valence-corrected chi connectivity index (χ1v) is 19.4. The molecule has 0 atom stereocenters. The van der Waals surface area contributed by atoms with Crippen molar-refractivity contribution in [3.05, 3.63) is 93.3 Å². The zero-order valence-corrected chi connectivity index (χ0v) is 28.8. The second-order valence-electron chi connectivity index (χ2n) is 12.3. The van der Waals surface area contributed by atoms with E-state index in [9.17, 15) is 21.6 Å². The maximum Gasteiger partial charge on any atom is 0.333 e. The number of hydrogen-bond donors (Lipinski definition) is 3. The van der Waals surface area contributed by atoms with Crippen LogP contribution in [0.25, 0.3) is 0 Å². The van der Waals surface area contributed by atoms with Crippen LogP contribution in [0.15, 0.2) is 58.8 Å². The molecule has 2 aromatic heterocycles. The fraction of sp³-hybridized carbons (Fsp3) is 0.353. The SMILES string of the molecule is N#COc1c2c(cc3c1CCC3)CCC2.NS(=O)(=O)c1cccnn1.O=C(Nc1c2c(cc3c1CCC3)CCC2)NS(=O)(=O)c1cccnn1. The van der Waals surface area contributed by atoms with Crippen molar-refractivity contribution in [2.75, 3.05) is 5.32 Å². The van der Waals surface area contributed by atoms with Crippen LogP contribution in [0.5, 0.6) is 5.75 Å². The Morgan fingerprint density at radius 3 is 1.60 bits per heavy atom. The summed E-state index contributed by atoms with van der Waals surface area (Å²) in [6.07, 6.45) is 17.4. The summed E-state index contributed by atoms with van der Waals surface area (Å²) < 4.78 is 52.7. The zero-order chi connectivity index (χ0) is 35.3. The van der Waals surface area contributed by atoms with Crippen molar-refractivity contribution < 1.29 is 26.4 Å². The lowest BCUT2D eigenvalue weighted by atomic mass is 9.99. The van der Waals surface area contributed by atoms with Crippen LogP contribution in [0, 0.1) is 11.5 Å². The topological polar surface area (TPSA) is 220 Å². The van der Waals surface area contributed by atoms with Crippen LogP contribution >= 0.6 is 0 Å². The second kappa shape index (κ2) is 14.9. The first-order valence-electron chi connectivity index (χ1n) is 16.4. The number of benzene rings is 2. The van der Waals surface area contributed by atoms with E-state index < -0.39 is 26.1 Å². The monoisotopic (exact) mass is 716 g/mol. The molecular weight excluding hydrogens is 681 g/mol. The van der Waals surface area contributed by atoms with E-state index in [1.165, 1.54) is 82.9 Å². The molecule has 0 spiro atoms. The molecule has 4 aliphatic rings. The van der Waals surface area contributed by atoms with Gasteiger partial charge >= 0.3 is 6.03 Å². The average Bonchev–Trinajstić information content (AvgIpc) is 3.93. The summed E-state index contributed by atoms with van der Waals surface area (Å²) in [5.41, 5.74) is 11.1. The van der Waals surface area contributed by atoms with Crippen LogP contribution in [0.1, 0.15) is 70.2 Å². The number of primary sulfonamides is 1. The lowest BCUT2D eigenvalue weighted by Crippen LogP contribution is -2.35. The first-order chi connectivity index (χ1) is 24.0.